The molecular weight excluding hydrogens is 246 g/mol. The summed E-state index contributed by atoms with van der Waals surface area (Å²) >= 11 is 0. The predicted octanol–water partition coefficient (Wildman–Crippen LogP) is 1.77. The van der Waals surface area contributed by atoms with Gasteiger partial charge in [0.1, 0.15) is 0 Å². The quantitative estimate of drug-likeness (QED) is 0.885. The maximum atomic E-state index is 5.47. The van der Waals surface area contributed by atoms with Crippen LogP contribution in [-0.4, -0.2) is 24.4 Å². The highest BCUT2D eigenvalue weighted by atomic mass is 16.5. The number of aryl methyl sites for hydroxylation is 1. The second kappa shape index (κ2) is 5.71. The first-order valence-corrected chi connectivity index (χ1v) is 6.01. The Balaban J connectivity index is 2.59. The normalized spacial score (nSPS) is 10.5. The Morgan fingerprint density at radius 2 is 2.05 bits per heavy atom. The van der Waals surface area contributed by atoms with Gasteiger partial charge in [-0.15, -0.1) is 0 Å². The summed E-state index contributed by atoms with van der Waals surface area (Å²) in [7, 11) is 3.18. The molecule has 0 amide bonds. The van der Waals surface area contributed by atoms with E-state index in [1.54, 1.807) is 14.2 Å². The molecular formula is C13H17N3O3. The minimum absolute atomic E-state index is 0.208. The summed E-state index contributed by atoms with van der Waals surface area (Å²) in [5.41, 5.74) is 7.31. The van der Waals surface area contributed by atoms with E-state index in [9.17, 15) is 0 Å². The molecule has 0 saturated carbocycles. The third-order valence-electron chi connectivity index (χ3n) is 2.83. The lowest BCUT2D eigenvalue weighted by molar-refractivity contribution is 0.354. The molecule has 0 radical (unpaired) electrons. The predicted molar refractivity (Wildman–Crippen MR) is 70.1 cm³/mol. The Bertz CT molecular complexity index is 566. The van der Waals surface area contributed by atoms with Gasteiger partial charge in [-0.3, -0.25) is 0 Å². The van der Waals surface area contributed by atoms with Crippen molar-refractivity contribution >= 4 is 0 Å². The van der Waals surface area contributed by atoms with Crippen LogP contribution < -0.4 is 15.2 Å². The molecule has 0 saturated heterocycles. The van der Waals surface area contributed by atoms with E-state index in [1.807, 2.05) is 12.1 Å². The molecule has 1 aromatic carbocycles. The summed E-state index contributed by atoms with van der Waals surface area (Å²) in [5, 5.41) is 3.92. The van der Waals surface area contributed by atoms with Crippen LogP contribution in [0.15, 0.2) is 16.7 Å². The molecule has 19 heavy (non-hydrogen) atoms. The average molecular weight is 263 g/mol. The maximum Gasteiger partial charge on any atom is 0.240 e. The molecule has 6 heteroatoms. The monoisotopic (exact) mass is 263 g/mol. The van der Waals surface area contributed by atoms with E-state index >= 15 is 0 Å². The molecule has 102 valence electrons. The van der Waals surface area contributed by atoms with Crippen molar-refractivity contribution in [1.29, 1.82) is 0 Å². The smallest absolute Gasteiger partial charge is 0.240 e. The number of nitrogens with two attached hydrogens (primary N) is 1. The molecule has 1 heterocycles. The highest BCUT2D eigenvalue weighted by Crippen LogP contribution is 2.38. The first kappa shape index (κ1) is 13.4. The van der Waals surface area contributed by atoms with Crippen LogP contribution in [-0.2, 0) is 13.0 Å². The first-order valence-electron chi connectivity index (χ1n) is 6.01. The Labute approximate surface area is 111 Å². The van der Waals surface area contributed by atoms with Gasteiger partial charge < -0.3 is 19.7 Å². The third kappa shape index (κ3) is 2.53. The molecule has 0 aliphatic rings. The van der Waals surface area contributed by atoms with Gasteiger partial charge in [-0.2, -0.15) is 4.98 Å². The number of hydrogen-bond acceptors (Lipinski definition) is 6. The first-order chi connectivity index (χ1) is 9.23. The summed E-state index contributed by atoms with van der Waals surface area (Å²) in [6.07, 6.45) is 0.870. The zero-order valence-electron chi connectivity index (χ0n) is 11.3. The van der Waals surface area contributed by atoms with Crippen LogP contribution in [0.25, 0.3) is 11.4 Å². The average Bonchev–Trinajstić information content (AvgIpc) is 2.94. The summed E-state index contributed by atoms with van der Waals surface area (Å²) in [6, 6.07) is 3.90. The Morgan fingerprint density at radius 3 is 2.58 bits per heavy atom. The van der Waals surface area contributed by atoms with Crippen molar-refractivity contribution in [1.82, 2.24) is 10.1 Å². The molecule has 2 aromatic rings. The number of ether oxygens (including phenoxy) is 2. The van der Waals surface area contributed by atoms with Crippen LogP contribution >= 0.6 is 0 Å². The lowest BCUT2D eigenvalue weighted by Crippen LogP contribution is -1.98. The summed E-state index contributed by atoms with van der Waals surface area (Å²) < 4.78 is 15.8. The fraction of sp³-hybridized carbons (Fsp3) is 0.385. The zero-order chi connectivity index (χ0) is 13.8. The lowest BCUT2D eigenvalue weighted by atomic mass is 10.1. The van der Waals surface area contributed by atoms with E-state index in [0.717, 1.165) is 17.5 Å². The van der Waals surface area contributed by atoms with Crippen LogP contribution in [0.2, 0.25) is 0 Å². The van der Waals surface area contributed by atoms with Crippen molar-refractivity contribution in [3.05, 3.63) is 23.6 Å². The minimum atomic E-state index is 0.208. The van der Waals surface area contributed by atoms with Gasteiger partial charge in [0.25, 0.3) is 0 Å². The van der Waals surface area contributed by atoms with Gasteiger partial charge in [-0.1, -0.05) is 12.1 Å². The molecule has 0 unspecified atom stereocenters. The van der Waals surface area contributed by atoms with E-state index in [2.05, 4.69) is 17.1 Å². The zero-order valence-corrected chi connectivity index (χ0v) is 11.3. The molecule has 0 fully saturated rings. The van der Waals surface area contributed by atoms with Crippen LogP contribution in [0.3, 0.4) is 0 Å². The van der Waals surface area contributed by atoms with Gasteiger partial charge in [-0.05, 0) is 24.1 Å². The number of nitrogens with zero attached hydrogens (tertiary/aromatic N) is 2. The largest absolute Gasteiger partial charge is 0.493 e. The van der Waals surface area contributed by atoms with E-state index in [-0.39, 0.29) is 6.54 Å². The van der Waals surface area contributed by atoms with Gasteiger partial charge in [-0.25, -0.2) is 0 Å². The van der Waals surface area contributed by atoms with Crippen molar-refractivity contribution in [2.24, 2.45) is 5.73 Å². The summed E-state index contributed by atoms with van der Waals surface area (Å²) in [6.45, 7) is 2.27. The lowest BCUT2D eigenvalue weighted by Gasteiger charge is -2.12. The Morgan fingerprint density at radius 1 is 1.26 bits per heavy atom. The minimum Gasteiger partial charge on any atom is -0.493 e. The Hall–Kier alpha value is -2.08. The van der Waals surface area contributed by atoms with Crippen molar-refractivity contribution in [2.45, 2.75) is 19.9 Å². The highest BCUT2D eigenvalue weighted by Gasteiger charge is 2.18. The molecule has 0 aliphatic heterocycles. The van der Waals surface area contributed by atoms with E-state index in [4.69, 9.17) is 19.7 Å². The van der Waals surface area contributed by atoms with Gasteiger partial charge in [0.2, 0.25) is 11.7 Å². The molecule has 1 aromatic heterocycles. The van der Waals surface area contributed by atoms with Gasteiger partial charge >= 0.3 is 0 Å². The second-order valence-corrected chi connectivity index (χ2v) is 3.95. The standard InChI is InChI=1S/C13H17N3O3/c1-4-8-5-9(12(18-3)10(6-8)17-2)13-15-11(7-14)19-16-13/h5-6H,4,7,14H2,1-3H3. The number of rotatable bonds is 5. The maximum absolute atomic E-state index is 5.47. The van der Waals surface area contributed by atoms with Crippen LogP contribution in [0, 0.1) is 0 Å². The van der Waals surface area contributed by atoms with Gasteiger partial charge in [0, 0.05) is 0 Å². The van der Waals surface area contributed by atoms with E-state index < -0.39 is 0 Å². The van der Waals surface area contributed by atoms with Crippen LogP contribution in [0.4, 0.5) is 0 Å². The second-order valence-electron chi connectivity index (χ2n) is 3.95. The molecule has 0 bridgehead atoms. The molecule has 2 rings (SSSR count). The van der Waals surface area contributed by atoms with E-state index in [0.29, 0.717) is 23.2 Å². The van der Waals surface area contributed by atoms with Crippen molar-refractivity contribution in [3.63, 3.8) is 0 Å². The number of aromatic nitrogens is 2. The topological polar surface area (TPSA) is 83.4 Å². The van der Waals surface area contributed by atoms with Crippen LogP contribution in [0.5, 0.6) is 11.5 Å². The van der Waals surface area contributed by atoms with E-state index in [1.165, 1.54) is 0 Å². The van der Waals surface area contributed by atoms with Crippen molar-refractivity contribution in [2.75, 3.05) is 14.2 Å². The third-order valence-corrected chi connectivity index (χ3v) is 2.83. The SMILES string of the molecule is CCc1cc(OC)c(OC)c(-c2noc(CN)n2)c1. The molecule has 0 atom stereocenters. The fourth-order valence-electron chi connectivity index (χ4n) is 1.84. The van der Waals surface area contributed by atoms with Crippen molar-refractivity contribution < 1.29 is 14.0 Å². The summed E-state index contributed by atoms with van der Waals surface area (Å²) in [4.78, 5) is 4.22. The Kier molecular flexibility index (Phi) is 4.01. The fourth-order valence-corrected chi connectivity index (χ4v) is 1.84. The number of methoxy groups -OCH3 is 2. The molecule has 0 spiro atoms. The van der Waals surface area contributed by atoms with Crippen LogP contribution in [0.1, 0.15) is 18.4 Å². The molecule has 6 nitrogen and oxygen atoms in total. The number of hydrogen-bond donors (Lipinski definition) is 1. The van der Waals surface area contributed by atoms with Gasteiger partial charge in [0.15, 0.2) is 11.5 Å². The number of benzene rings is 1. The molecule has 2 N–H and O–H groups in total. The molecule has 0 aliphatic carbocycles. The van der Waals surface area contributed by atoms with Crippen molar-refractivity contribution in [3.8, 4) is 22.9 Å². The highest BCUT2D eigenvalue weighted by molar-refractivity contribution is 5.69. The summed E-state index contributed by atoms with van der Waals surface area (Å²) in [5.74, 6) is 2.07. The van der Waals surface area contributed by atoms with Gasteiger partial charge in [0.05, 0.1) is 26.3 Å².